The molecule has 0 saturated heterocycles. The quantitative estimate of drug-likeness (QED) is 0.417. The van der Waals surface area contributed by atoms with Crippen LogP contribution in [0.3, 0.4) is 0 Å². The van der Waals surface area contributed by atoms with E-state index in [2.05, 4.69) is 22.4 Å². The zero-order valence-corrected chi connectivity index (χ0v) is 8.90. The summed E-state index contributed by atoms with van der Waals surface area (Å²) >= 11 is 1.24. The van der Waals surface area contributed by atoms with Gasteiger partial charge in [-0.1, -0.05) is 6.08 Å². The van der Waals surface area contributed by atoms with E-state index in [1.165, 1.54) is 11.9 Å². The third-order valence-corrected chi connectivity index (χ3v) is 2.64. The van der Waals surface area contributed by atoms with Crippen LogP contribution in [0.2, 0.25) is 0 Å². The summed E-state index contributed by atoms with van der Waals surface area (Å²) in [6.07, 6.45) is 4.90. The van der Waals surface area contributed by atoms with E-state index in [4.69, 9.17) is 5.41 Å². The Morgan fingerprint density at radius 2 is 2.54 bits per heavy atom. The molecule has 0 amide bonds. The predicted octanol–water partition coefficient (Wildman–Crippen LogP) is 1.96. The Hall–Kier alpha value is -0.610. The van der Waals surface area contributed by atoms with Gasteiger partial charge in [-0.3, -0.25) is 5.41 Å². The molecule has 0 fully saturated rings. The maximum atomic E-state index is 7.73. The molecule has 0 aliphatic carbocycles. The fourth-order valence-corrected chi connectivity index (χ4v) is 1.70. The van der Waals surface area contributed by atoms with E-state index in [-0.39, 0.29) is 0 Å². The zero-order chi connectivity index (χ0) is 9.68. The van der Waals surface area contributed by atoms with E-state index in [0.717, 1.165) is 25.1 Å². The van der Waals surface area contributed by atoms with Gasteiger partial charge in [0.15, 0.2) is 0 Å². The van der Waals surface area contributed by atoms with Crippen LogP contribution >= 0.6 is 11.9 Å². The molecule has 0 aromatic heterocycles. The fourth-order valence-electron chi connectivity index (χ4n) is 1.22. The largest absolute Gasteiger partial charge is 0.302 e. The van der Waals surface area contributed by atoms with Gasteiger partial charge in [0.25, 0.3) is 0 Å². The summed E-state index contributed by atoms with van der Waals surface area (Å²) in [7, 11) is 2.08. The topological polar surface area (TPSA) is 39.5 Å². The molecule has 13 heavy (non-hydrogen) atoms. The lowest BCUT2D eigenvalue weighted by molar-refractivity contribution is 0.361. The lowest BCUT2D eigenvalue weighted by Crippen LogP contribution is -2.27. The Kier molecular flexibility index (Phi) is 4.18. The molecule has 0 spiro atoms. The third-order valence-electron chi connectivity index (χ3n) is 1.88. The summed E-state index contributed by atoms with van der Waals surface area (Å²) in [5.74, 6) is 0. The van der Waals surface area contributed by atoms with Crippen molar-refractivity contribution >= 4 is 23.2 Å². The SMILES string of the molecule is C/C=N/SC(=N)C1=CCCN(C)C1. The summed E-state index contributed by atoms with van der Waals surface area (Å²) < 4.78 is 3.98. The van der Waals surface area contributed by atoms with Crippen LogP contribution in [0.25, 0.3) is 0 Å². The van der Waals surface area contributed by atoms with Gasteiger partial charge in [0, 0.05) is 31.3 Å². The first-order chi connectivity index (χ1) is 6.24. The number of rotatable bonds is 2. The Morgan fingerprint density at radius 1 is 1.77 bits per heavy atom. The van der Waals surface area contributed by atoms with E-state index < -0.39 is 0 Å². The highest BCUT2D eigenvalue weighted by molar-refractivity contribution is 8.13. The van der Waals surface area contributed by atoms with Crippen molar-refractivity contribution < 1.29 is 0 Å². The van der Waals surface area contributed by atoms with Crippen molar-refractivity contribution in [3.63, 3.8) is 0 Å². The molecule has 0 aromatic rings. The zero-order valence-electron chi connectivity index (χ0n) is 8.08. The molecule has 1 rings (SSSR count). The van der Waals surface area contributed by atoms with Gasteiger partial charge < -0.3 is 4.90 Å². The minimum Gasteiger partial charge on any atom is -0.302 e. The fraction of sp³-hybridized carbons (Fsp3) is 0.556. The van der Waals surface area contributed by atoms with Crippen LogP contribution in [-0.2, 0) is 0 Å². The second-order valence-electron chi connectivity index (χ2n) is 3.04. The number of hydrogen-bond acceptors (Lipinski definition) is 4. The van der Waals surface area contributed by atoms with E-state index in [1.54, 1.807) is 6.21 Å². The molecule has 0 radical (unpaired) electrons. The lowest BCUT2D eigenvalue weighted by Gasteiger charge is -2.22. The highest BCUT2D eigenvalue weighted by Crippen LogP contribution is 2.16. The molecule has 1 N–H and O–H groups in total. The molecule has 1 aliphatic rings. The summed E-state index contributed by atoms with van der Waals surface area (Å²) in [6, 6.07) is 0. The minimum absolute atomic E-state index is 0.574. The van der Waals surface area contributed by atoms with Crippen molar-refractivity contribution in [2.45, 2.75) is 13.3 Å². The van der Waals surface area contributed by atoms with Gasteiger partial charge in [-0.15, -0.1) is 0 Å². The van der Waals surface area contributed by atoms with Crippen LogP contribution in [0.15, 0.2) is 16.0 Å². The molecule has 1 heterocycles. The average Bonchev–Trinajstić information content (AvgIpc) is 2.14. The van der Waals surface area contributed by atoms with Crippen LogP contribution < -0.4 is 0 Å². The van der Waals surface area contributed by atoms with Crippen molar-refractivity contribution in [2.24, 2.45) is 4.40 Å². The predicted molar refractivity (Wildman–Crippen MR) is 59.7 cm³/mol. The highest BCUT2D eigenvalue weighted by atomic mass is 32.2. The first-order valence-electron chi connectivity index (χ1n) is 4.35. The monoisotopic (exact) mass is 197 g/mol. The molecule has 72 valence electrons. The molecular weight excluding hydrogens is 182 g/mol. The standard InChI is InChI=1S/C9H15N3S/c1-3-11-13-9(10)8-5-4-6-12(2)7-8/h3,5,10H,4,6-7H2,1-2H3/b10-9?,11-3+. The molecule has 3 nitrogen and oxygen atoms in total. The molecule has 4 heteroatoms. The first kappa shape index (κ1) is 10.5. The van der Waals surface area contributed by atoms with Crippen LogP contribution in [0.5, 0.6) is 0 Å². The van der Waals surface area contributed by atoms with E-state index in [9.17, 15) is 0 Å². The van der Waals surface area contributed by atoms with Crippen LogP contribution in [0, 0.1) is 5.41 Å². The summed E-state index contributed by atoms with van der Waals surface area (Å²) in [5, 5.41) is 8.30. The van der Waals surface area contributed by atoms with Crippen molar-refractivity contribution in [1.82, 2.24) is 4.90 Å². The normalized spacial score (nSPS) is 19.1. The van der Waals surface area contributed by atoms with Crippen molar-refractivity contribution in [1.29, 1.82) is 5.41 Å². The van der Waals surface area contributed by atoms with Gasteiger partial charge in [0.05, 0.1) is 0 Å². The van der Waals surface area contributed by atoms with Gasteiger partial charge >= 0.3 is 0 Å². The number of hydrogen-bond donors (Lipinski definition) is 1. The number of nitrogens with one attached hydrogen (secondary N) is 1. The molecule has 0 atom stereocenters. The van der Waals surface area contributed by atoms with E-state index >= 15 is 0 Å². The second-order valence-corrected chi connectivity index (χ2v) is 3.84. The molecular formula is C9H15N3S. The first-order valence-corrected chi connectivity index (χ1v) is 5.13. The van der Waals surface area contributed by atoms with Gasteiger partial charge in [-0.05, 0) is 26.0 Å². The second kappa shape index (κ2) is 5.19. The lowest BCUT2D eigenvalue weighted by atomic mass is 10.1. The Labute approximate surface area is 83.6 Å². The molecule has 0 bridgehead atoms. The van der Waals surface area contributed by atoms with Gasteiger partial charge in [-0.2, -0.15) is 0 Å². The minimum atomic E-state index is 0.574. The van der Waals surface area contributed by atoms with Crippen molar-refractivity contribution in [3.8, 4) is 0 Å². The van der Waals surface area contributed by atoms with Crippen molar-refractivity contribution in [3.05, 3.63) is 11.6 Å². The van der Waals surface area contributed by atoms with Gasteiger partial charge in [0.1, 0.15) is 5.04 Å². The highest BCUT2D eigenvalue weighted by Gasteiger charge is 2.12. The average molecular weight is 197 g/mol. The van der Waals surface area contributed by atoms with E-state index in [0.29, 0.717) is 5.04 Å². The maximum Gasteiger partial charge on any atom is 0.114 e. The Bertz CT molecular complexity index is 245. The number of nitrogens with zero attached hydrogens (tertiary/aromatic N) is 2. The summed E-state index contributed by atoms with van der Waals surface area (Å²) in [5.41, 5.74) is 1.10. The van der Waals surface area contributed by atoms with Crippen LogP contribution in [-0.4, -0.2) is 36.3 Å². The molecule has 1 aliphatic heterocycles. The van der Waals surface area contributed by atoms with Crippen LogP contribution in [0.4, 0.5) is 0 Å². The van der Waals surface area contributed by atoms with Gasteiger partial charge in [-0.25, -0.2) is 4.40 Å². The maximum absolute atomic E-state index is 7.73. The molecule has 0 aromatic carbocycles. The summed E-state index contributed by atoms with van der Waals surface area (Å²) in [4.78, 5) is 2.22. The Balaban J connectivity index is 2.51. The molecule has 0 saturated carbocycles. The van der Waals surface area contributed by atoms with Crippen LogP contribution in [0.1, 0.15) is 13.3 Å². The smallest absolute Gasteiger partial charge is 0.114 e. The molecule has 0 unspecified atom stereocenters. The summed E-state index contributed by atoms with van der Waals surface area (Å²) in [6.45, 7) is 3.84. The third kappa shape index (κ3) is 3.32. The Morgan fingerprint density at radius 3 is 3.15 bits per heavy atom. The van der Waals surface area contributed by atoms with E-state index in [1.807, 2.05) is 6.92 Å². The number of likely N-dealkylation sites (N-methyl/N-ethyl adjacent to an activating group) is 1. The van der Waals surface area contributed by atoms with Crippen molar-refractivity contribution in [2.75, 3.05) is 20.1 Å². The van der Waals surface area contributed by atoms with Gasteiger partial charge in [0.2, 0.25) is 0 Å².